The Balaban J connectivity index is 2.19. The summed E-state index contributed by atoms with van der Waals surface area (Å²) in [6.45, 7) is 1.79. The molecule has 6 nitrogen and oxygen atoms in total. The lowest BCUT2D eigenvalue weighted by molar-refractivity contribution is 0.0519. The van der Waals surface area contributed by atoms with Crippen LogP contribution in [0.3, 0.4) is 0 Å². The number of hydrogen-bond donors (Lipinski definition) is 1. The molecule has 1 aromatic carbocycles. The lowest BCUT2D eigenvalue weighted by Crippen LogP contribution is -2.04. The van der Waals surface area contributed by atoms with Gasteiger partial charge in [-0.15, -0.1) is 0 Å². The molecule has 0 spiro atoms. The maximum atomic E-state index is 13.5. The molecule has 0 aliphatic rings. The summed E-state index contributed by atoms with van der Waals surface area (Å²) in [5.74, 6) is -2.91. The highest BCUT2D eigenvalue weighted by Gasteiger charge is 2.17. The van der Waals surface area contributed by atoms with Crippen molar-refractivity contribution in [2.75, 3.05) is 12.3 Å². The molecule has 0 fully saturated rings. The molecule has 0 radical (unpaired) electrons. The Bertz CT molecular complexity index is 642. The highest BCUT2D eigenvalue weighted by Crippen LogP contribution is 2.27. The van der Waals surface area contributed by atoms with Gasteiger partial charge in [-0.2, -0.15) is 4.98 Å². The van der Waals surface area contributed by atoms with Crippen molar-refractivity contribution in [2.24, 2.45) is 0 Å². The number of rotatable bonds is 4. The topological polar surface area (TPSA) is 87.6 Å². The lowest BCUT2D eigenvalue weighted by Gasteiger charge is -2.04. The summed E-state index contributed by atoms with van der Waals surface area (Å²) < 4.78 is 41.1. The molecule has 20 heavy (non-hydrogen) atoms. The molecule has 0 unspecified atom stereocenters. The van der Waals surface area contributed by atoms with Crippen LogP contribution in [0.2, 0.25) is 0 Å². The smallest absolute Gasteiger partial charge is 0.400 e. The van der Waals surface area contributed by atoms with E-state index in [1.54, 1.807) is 6.92 Å². The minimum atomic E-state index is -0.889. The normalized spacial score (nSPS) is 10.3. The molecule has 106 valence electrons. The Kier molecular flexibility index (Phi) is 3.83. The number of nitrogens with zero attached hydrogens (tertiary/aromatic N) is 1. The molecule has 8 heteroatoms. The van der Waals surface area contributed by atoms with Crippen molar-refractivity contribution in [1.82, 2.24) is 4.98 Å². The van der Waals surface area contributed by atoms with E-state index >= 15 is 0 Å². The molecule has 1 heterocycles. The number of nitrogen functional groups attached to an aromatic ring is 1. The third-order valence-electron chi connectivity index (χ3n) is 2.22. The van der Waals surface area contributed by atoms with Crippen LogP contribution in [0.25, 0.3) is 0 Å². The number of anilines is 1. The zero-order chi connectivity index (χ0) is 14.7. The molecule has 2 rings (SSSR count). The van der Waals surface area contributed by atoms with Crippen LogP contribution in [-0.4, -0.2) is 17.6 Å². The molecule has 0 amide bonds. The summed E-state index contributed by atoms with van der Waals surface area (Å²) >= 11 is 0. The fourth-order valence-electron chi connectivity index (χ4n) is 1.32. The first-order valence-electron chi connectivity index (χ1n) is 5.56. The highest BCUT2D eigenvalue weighted by atomic mass is 19.1. The monoisotopic (exact) mass is 284 g/mol. The van der Waals surface area contributed by atoms with Crippen molar-refractivity contribution in [2.45, 2.75) is 6.92 Å². The van der Waals surface area contributed by atoms with Gasteiger partial charge in [0.15, 0.2) is 17.3 Å². The zero-order valence-electron chi connectivity index (χ0n) is 10.4. The molecule has 2 aromatic rings. The summed E-state index contributed by atoms with van der Waals surface area (Å²) in [4.78, 5) is 15.0. The number of hydrogen-bond acceptors (Lipinski definition) is 6. The van der Waals surface area contributed by atoms with E-state index in [-0.39, 0.29) is 18.0 Å². The van der Waals surface area contributed by atoms with Gasteiger partial charge in [0.2, 0.25) is 0 Å². The van der Waals surface area contributed by atoms with Crippen molar-refractivity contribution in [3.05, 3.63) is 35.7 Å². The average molecular weight is 284 g/mol. The number of oxazole rings is 1. The van der Waals surface area contributed by atoms with Gasteiger partial charge in [-0.05, 0) is 6.92 Å². The Hall–Kier alpha value is -2.64. The molecule has 2 N–H and O–H groups in total. The largest absolute Gasteiger partial charge is 0.461 e. The fourth-order valence-corrected chi connectivity index (χ4v) is 1.32. The van der Waals surface area contributed by atoms with E-state index in [1.807, 2.05) is 0 Å². The molecule has 0 saturated heterocycles. The summed E-state index contributed by atoms with van der Waals surface area (Å²) in [5, 5.41) is 0. The van der Waals surface area contributed by atoms with Gasteiger partial charge in [0, 0.05) is 12.1 Å². The molecule has 0 atom stereocenters. The van der Waals surface area contributed by atoms with Crippen LogP contribution in [0.4, 0.5) is 14.5 Å². The average Bonchev–Trinajstić information content (AvgIpc) is 2.85. The highest BCUT2D eigenvalue weighted by molar-refractivity contribution is 5.86. The first-order chi connectivity index (χ1) is 9.51. The van der Waals surface area contributed by atoms with Crippen molar-refractivity contribution in [3.8, 4) is 11.8 Å². The lowest BCUT2D eigenvalue weighted by atomic mass is 10.3. The van der Waals surface area contributed by atoms with Gasteiger partial charge >= 0.3 is 12.0 Å². The van der Waals surface area contributed by atoms with Crippen LogP contribution in [0.1, 0.15) is 17.4 Å². The number of benzene rings is 1. The maximum absolute atomic E-state index is 13.5. The predicted octanol–water partition coefficient (Wildman–Crippen LogP) is 2.50. The molecule has 1 aromatic heterocycles. The van der Waals surface area contributed by atoms with Crippen LogP contribution in [0.15, 0.2) is 22.8 Å². The van der Waals surface area contributed by atoms with E-state index in [0.29, 0.717) is 0 Å². The van der Waals surface area contributed by atoms with Crippen LogP contribution >= 0.6 is 0 Å². The fraction of sp³-hybridized carbons (Fsp3) is 0.167. The van der Waals surface area contributed by atoms with Gasteiger partial charge in [-0.1, -0.05) is 0 Å². The van der Waals surface area contributed by atoms with Crippen LogP contribution in [0.5, 0.6) is 11.8 Å². The number of halogens is 2. The maximum Gasteiger partial charge on any atom is 0.400 e. The first kappa shape index (κ1) is 13.8. The van der Waals surface area contributed by atoms with Crippen LogP contribution in [0, 0.1) is 11.6 Å². The molecule has 0 aliphatic carbocycles. The third-order valence-corrected chi connectivity index (χ3v) is 2.22. The summed E-state index contributed by atoms with van der Waals surface area (Å²) in [7, 11) is 0. The summed E-state index contributed by atoms with van der Waals surface area (Å²) in [5.41, 5.74) is 4.70. The second kappa shape index (κ2) is 5.55. The van der Waals surface area contributed by atoms with Gasteiger partial charge in [-0.25, -0.2) is 13.6 Å². The van der Waals surface area contributed by atoms with Crippen molar-refractivity contribution < 1.29 is 27.5 Å². The number of aromatic nitrogens is 1. The first-order valence-corrected chi connectivity index (χ1v) is 5.56. The molecular weight excluding hydrogens is 274 g/mol. The number of nitrogens with two attached hydrogens (primary N) is 1. The summed E-state index contributed by atoms with van der Waals surface area (Å²) in [6, 6.07) is 1.51. The second-order valence-electron chi connectivity index (χ2n) is 3.63. The van der Waals surface area contributed by atoms with Gasteiger partial charge in [-0.3, -0.25) is 0 Å². The molecule has 0 aliphatic heterocycles. The second-order valence-corrected chi connectivity index (χ2v) is 3.63. The SMILES string of the molecule is CCOC(=O)c1coc(Oc2cc(F)c(N)cc2F)n1. The van der Waals surface area contributed by atoms with Gasteiger partial charge < -0.3 is 19.6 Å². The van der Waals surface area contributed by atoms with E-state index in [1.165, 1.54) is 0 Å². The quantitative estimate of drug-likeness (QED) is 0.685. The van der Waals surface area contributed by atoms with E-state index in [2.05, 4.69) is 9.72 Å². The van der Waals surface area contributed by atoms with Crippen molar-refractivity contribution in [1.29, 1.82) is 0 Å². The van der Waals surface area contributed by atoms with Gasteiger partial charge in [0.05, 0.1) is 12.3 Å². The third kappa shape index (κ3) is 2.85. The zero-order valence-corrected chi connectivity index (χ0v) is 10.4. The van der Waals surface area contributed by atoms with Crippen LogP contribution in [-0.2, 0) is 4.74 Å². The minimum absolute atomic E-state index is 0.141. The molecule has 0 saturated carbocycles. The Labute approximate surface area is 112 Å². The number of carbonyl (C=O) groups excluding carboxylic acids is 1. The predicted molar refractivity (Wildman–Crippen MR) is 63.3 cm³/mol. The van der Waals surface area contributed by atoms with E-state index in [4.69, 9.17) is 14.9 Å². The number of carbonyl (C=O) groups is 1. The standard InChI is InChI=1S/C12H10F2N2O4/c1-2-18-11(17)9-5-19-12(16-9)20-10-4-6(13)8(15)3-7(10)14/h3-5H,2,15H2,1H3. The Morgan fingerprint density at radius 3 is 2.85 bits per heavy atom. The van der Waals surface area contributed by atoms with Crippen molar-refractivity contribution in [3.63, 3.8) is 0 Å². The number of ether oxygens (including phenoxy) is 2. The van der Waals surface area contributed by atoms with Gasteiger partial charge in [0.1, 0.15) is 12.1 Å². The number of esters is 1. The van der Waals surface area contributed by atoms with Crippen molar-refractivity contribution >= 4 is 11.7 Å². The van der Waals surface area contributed by atoms with Crippen LogP contribution < -0.4 is 10.5 Å². The molecule has 0 bridgehead atoms. The molecular formula is C12H10F2N2O4. The van der Waals surface area contributed by atoms with E-state index in [0.717, 1.165) is 18.4 Å². The Morgan fingerprint density at radius 1 is 1.40 bits per heavy atom. The minimum Gasteiger partial charge on any atom is -0.461 e. The summed E-state index contributed by atoms with van der Waals surface area (Å²) in [6.07, 6.45) is 0.565. The van der Waals surface area contributed by atoms with Gasteiger partial charge in [0.25, 0.3) is 0 Å². The van der Waals surface area contributed by atoms with E-state index < -0.39 is 29.4 Å². The van der Waals surface area contributed by atoms with E-state index in [9.17, 15) is 13.6 Å². The Morgan fingerprint density at radius 2 is 2.15 bits per heavy atom.